The average Bonchev–Trinajstić information content (AvgIpc) is 3.06. The fourth-order valence-corrected chi connectivity index (χ4v) is 3.34. The van der Waals surface area contributed by atoms with E-state index in [9.17, 15) is 12.8 Å². The van der Waals surface area contributed by atoms with E-state index in [1.807, 2.05) is 35.9 Å². The third-order valence-electron chi connectivity index (χ3n) is 4.48. The first-order valence-corrected chi connectivity index (χ1v) is 10.3. The van der Waals surface area contributed by atoms with E-state index in [1.54, 1.807) is 25.1 Å². The molecule has 28 heavy (non-hydrogen) atoms. The summed E-state index contributed by atoms with van der Waals surface area (Å²) < 4.78 is 39.0. The molecule has 0 bridgehead atoms. The molecule has 2 N–H and O–H groups in total. The molecular formula is C20H23FN4O2S. The first-order valence-electron chi connectivity index (χ1n) is 8.77. The van der Waals surface area contributed by atoms with Gasteiger partial charge in [0.25, 0.3) is 0 Å². The minimum atomic E-state index is -3.77. The molecule has 6 nitrogen and oxygen atoms in total. The Morgan fingerprint density at radius 1 is 1.11 bits per heavy atom. The van der Waals surface area contributed by atoms with Crippen LogP contribution in [0.15, 0.2) is 53.6 Å². The summed E-state index contributed by atoms with van der Waals surface area (Å²) in [5, 5.41) is 9.84. The van der Waals surface area contributed by atoms with Gasteiger partial charge in [0.2, 0.25) is 10.0 Å². The molecule has 3 aromatic rings. The number of likely N-dealkylation sites (N-methyl/N-ethyl adjacent to an activating group) is 1. The monoisotopic (exact) mass is 402 g/mol. The van der Waals surface area contributed by atoms with Crippen LogP contribution >= 0.6 is 0 Å². The van der Waals surface area contributed by atoms with Gasteiger partial charge in [-0.15, -0.1) is 0 Å². The number of nitrogens with zero attached hydrogens (tertiary/aromatic N) is 3. The van der Waals surface area contributed by atoms with Crippen molar-refractivity contribution in [3.05, 3.63) is 60.0 Å². The van der Waals surface area contributed by atoms with Crippen LogP contribution in [0.25, 0.3) is 22.4 Å². The molecule has 0 aliphatic rings. The van der Waals surface area contributed by atoms with E-state index in [0.717, 1.165) is 17.7 Å². The normalized spacial score (nSPS) is 11.9. The summed E-state index contributed by atoms with van der Waals surface area (Å²) >= 11 is 0. The van der Waals surface area contributed by atoms with E-state index in [2.05, 4.69) is 5.10 Å². The second-order valence-corrected chi connectivity index (χ2v) is 8.55. The van der Waals surface area contributed by atoms with E-state index < -0.39 is 10.0 Å². The first-order chi connectivity index (χ1) is 13.1. The van der Waals surface area contributed by atoms with Gasteiger partial charge in [0.05, 0.1) is 11.4 Å². The maximum atomic E-state index is 14.1. The number of halogens is 1. The molecule has 148 valence electrons. The highest BCUT2D eigenvalue weighted by Gasteiger charge is 2.16. The SMILES string of the molecule is Cc1ccc(-c2cn(CCN(C)C)nc2-c2ccc(S(N)(=O)=O)cc2)cc1F. The Labute approximate surface area is 164 Å². The number of aromatic nitrogens is 2. The van der Waals surface area contributed by atoms with Crippen molar-refractivity contribution in [3.8, 4) is 22.4 Å². The summed E-state index contributed by atoms with van der Waals surface area (Å²) in [6.45, 7) is 3.18. The lowest BCUT2D eigenvalue weighted by Crippen LogP contribution is -2.18. The molecule has 0 radical (unpaired) electrons. The zero-order valence-corrected chi connectivity index (χ0v) is 16.9. The van der Waals surface area contributed by atoms with Gasteiger partial charge in [-0.3, -0.25) is 4.68 Å². The molecule has 0 aliphatic carbocycles. The highest BCUT2D eigenvalue weighted by molar-refractivity contribution is 7.89. The number of aryl methyl sites for hydroxylation is 1. The van der Waals surface area contributed by atoms with Crippen LogP contribution in [0, 0.1) is 12.7 Å². The minimum Gasteiger partial charge on any atom is -0.308 e. The van der Waals surface area contributed by atoms with E-state index in [4.69, 9.17) is 5.14 Å². The van der Waals surface area contributed by atoms with Gasteiger partial charge in [0.15, 0.2) is 0 Å². The van der Waals surface area contributed by atoms with Crippen molar-refractivity contribution in [2.24, 2.45) is 5.14 Å². The maximum absolute atomic E-state index is 14.1. The van der Waals surface area contributed by atoms with Gasteiger partial charge in [-0.05, 0) is 50.3 Å². The second kappa shape index (κ2) is 7.83. The first kappa shape index (κ1) is 20.2. The van der Waals surface area contributed by atoms with Crippen LogP contribution in [0.3, 0.4) is 0 Å². The summed E-state index contributed by atoms with van der Waals surface area (Å²) in [4.78, 5) is 2.08. The highest BCUT2D eigenvalue weighted by atomic mass is 32.2. The van der Waals surface area contributed by atoms with Crippen molar-refractivity contribution in [2.45, 2.75) is 18.4 Å². The Hall–Kier alpha value is -2.55. The summed E-state index contributed by atoms with van der Waals surface area (Å²) in [5.41, 5.74) is 3.45. The van der Waals surface area contributed by atoms with Crippen LogP contribution in [-0.2, 0) is 16.6 Å². The standard InChI is InChI=1S/C20H23FN4O2S/c1-14-4-5-16(12-19(14)21)18-13-25(11-10-24(2)3)23-20(18)15-6-8-17(9-7-15)28(22,26)27/h4-9,12-13H,10-11H2,1-3H3,(H2,22,26,27). The summed E-state index contributed by atoms with van der Waals surface area (Å²) in [7, 11) is 0.190. The molecule has 0 saturated heterocycles. The van der Waals surface area contributed by atoms with Crippen molar-refractivity contribution in [1.82, 2.24) is 14.7 Å². The third-order valence-corrected chi connectivity index (χ3v) is 5.41. The maximum Gasteiger partial charge on any atom is 0.238 e. The van der Waals surface area contributed by atoms with E-state index in [-0.39, 0.29) is 10.7 Å². The van der Waals surface area contributed by atoms with Crippen LogP contribution in [0.4, 0.5) is 4.39 Å². The number of hydrogen-bond acceptors (Lipinski definition) is 4. The molecular weight excluding hydrogens is 379 g/mol. The van der Waals surface area contributed by atoms with E-state index in [0.29, 0.717) is 23.4 Å². The number of benzene rings is 2. The van der Waals surface area contributed by atoms with Crippen molar-refractivity contribution < 1.29 is 12.8 Å². The van der Waals surface area contributed by atoms with Gasteiger partial charge < -0.3 is 4.90 Å². The van der Waals surface area contributed by atoms with Gasteiger partial charge in [-0.25, -0.2) is 17.9 Å². The van der Waals surface area contributed by atoms with Gasteiger partial charge in [-0.2, -0.15) is 5.10 Å². The lowest BCUT2D eigenvalue weighted by molar-refractivity contribution is 0.373. The van der Waals surface area contributed by atoms with Crippen LogP contribution < -0.4 is 5.14 Å². The van der Waals surface area contributed by atoms with Crippen LogP contribution in [0.1, 0.15) is 5.56 Å². The number of primary sulfonamides is 1. The third kappa shape index (κ3) is 4.46. The molecule has 1 aromatic heterocycles. The topological polar surface area (TPSA) is 81.2 Å². The van der Waals surface area contributed by atoms with Crippen molar-refractivity contribution >= 4 is 10.0 Å². The fraction of sp³-hybridized carbons (Fsp3) is 0.250. The van der Waals surface area contributed by atoms with Gasteiger partial charge >= 0.3 is 0 Å². The van der Waals surface area contributed by atoms with Gasteiger partial charge in [0.1, 0.15) is 11.5 Å². The Morgan fingerprint density at radius 3 is 2.32 bits per heavy atom. The molecule has 3 rings (SSSR count). The van der Waals surface area contributed by atoms with Crippen LogP contribution in [0.5, 0.6) is 0 Å². The molecule has 2 aromatic carbocycles. The zero-order valence-electron chi connectivity index (χ0n) is 16.1. The highest BCUT2D eigenvalue weighted by Crippen LogP contribution is 2.32. The van der Waals surface area contributed by atoms with Crippen molar-refractivity contribution in [1.29, 1.82) is 0 Å². The Bertz CT molecular complexity index is 1090. The zero-order chi connectivity index (χ0) is 20.5. The second-order valence-electron chi connectivity index (χ2n) is 6.99. The smallest absolute Gasteiger partial charge is 0.238 e. The van der Waals surface area contributed by atoms with Gasteiger partial charge in [0, 0.05) is 23.9 Å². The summed E-state index contributed by atoms with van der Waals surface area (Å²) in [6.07, 6.45) is 1.89. The number of nitrogens with two attached hydrogens (primary N) is 1. The van der Waals surface area contributed by atoms with Crippen LogP contribution in [-0.4, -0.2) is 43.7 Å². The molecule has 0 amide bonds. The minimum absolute atomic E-state index is 0.0335. The van der Waals surface area contributed by atoms with Crippen molar-refractivity contribution in [2.75, 3.05) is 20.6 Å². The molecule has 8 heteroatoms. The molecule has 0 aliphatic heterocycles. The van der Waals surface area contributed by atoms with Gasteiger partial charge in [-0.1, -0.05) is 24.3 Å². The number of rotatable bonds is 6. The lowest BCUT2D eigenvalue weighted by atomic mass is 10.0. The molecule has 0 unspecified atom stereocenters. The molecule has 0 atom stereocenters. The number of hydrogen-bond donors (Lipinski definition) is 1. The quantitative estimate of drug-likeness (QED) is 0.687. The Morgan fingerprint density at radius 2 is 1.75 bits per heavy atom. The van der Waals surface area contributed by atoms with E-state index >= 15 is 0 Å². The van der Waals surface area contributed by atoms with E-state index in [1.165, 1.54) is 18.2 Å². The van der Waals surface area contributed by atoms with Crippen LogP contribution in [0.2, 0.25) is 0 Å². The summed E-state index contributed by atoms with van der Waals surface area (Å²) in [5.74, 6) is -0.283. The largest absolute Gasteiger partial charge is 0.308 e. The number of sulfonamides is 1. The average molecular weight is 402 g/mol. The Kier molecular flexibility index (Phi) is 5.64. The molecule has 0 fully saturated rings. The fourth-order valence-electron chi connectivity index (χ4n) is 2.83. The summed E-state index contributed by atoms with van der Waals surface area (Å²) in [6, 6.07) is 11.3. The molecule has 0 saturated carbocycles. The Balaban J connectivity index is 2.08. The lowest BCUT2D eigenvalue weighted by Gasteiger charge is -2.08. The molecule has 0 spiro atoms. The molecule has 1 heterocycles. The van der Waals surface area contributed by atoms with Crippen molar-refractivity contribution in [3.63, 3.8) is 0 Å². The predicted molar refractivity (Wildman–Crippen MR) is 108 cm³/mol. The predicted octanol–water partition coefficient (Wildman–Crippen LogP) is 2.87.